The number of pyridine rings is 1. The number of amides is 3. The Kier molecular flexibility index (Phi) is 6.01. The molecule has 8 heteroatoms. The Morgan fingerprint density at radius 2 is 1.92 bits per heavy atom. The van der Waals surface area contributed by atoms with E-state index >= 15 is 0 Å². The summed E-state index contributed by atoms with van der Waals surface area (Å²) in [7, 11) is 0. The molecule has 0 bridgehead atoms. The third-order valence-corrected chi connectivity index (χ3v) is 8.53. The molecule has 1 aromatic heterocycles. The molecule has 1 aliphatic carbocycles. The van der Waals surface area contributed by atoms with Gasteiger partial charge in [0, 0.05) is 22.9 Å². The number of carbonyl (C=O) groups is 3. The number of anilines is 2. The topological polar surface area (TPSA) is 91.4 Å². The zero-order valence-corrected chi connectivity index (χ0v) is 22.1. The van der Waals surface area contributed by atoms with E-state index in [4.69, 9.17) is 0 Å². The van der Waals surface area contributed by atoms with Crippen LogP contribution in [0, 0.1) is 5.41 Å². The molecule has 1 spiro atoms. The number of alkyl halides is 1. The molecule has 6 rings (SSSR count). The van der Waals surface area contributed by atoms with E-state index in [0.29, 0.717) is 42.8 Å². The number of rotatable bonds is 5. The third kappa shape index (κ3) is 4.28. The highest BCUT2D eigenvalue weighted by Gasteiger charge is 2.51. The number of nitrogens with one attached hydrogen (secondary N) is 2. The van der Waals surface area contributed by atoms with Crippen molar-refractivity contribution in [1.82, 2.24) is 9.88 Å². The van der Waals surface area contributed by atoms with E-state index in [9.17, 15) is 18.8 Å². The lowest BCUT2D eigenvalue weighted by Gasteiger charge is -2.43. The lowest BCUT2D eigenvalue weighted by Crippen LogP contribution is -2.50. The van der Waals surface area contributed by atoms with Crippen molar-refractivity contribution in [3.05, 3.63) is 88.6 Å². The van der Waals surface area contributed by atoms with Crippen LogP contribution in [0.5, 0.6) is 0 Å². The van der Waals surface area contributed by atoms with Crippen molar-refractivity contribution in [2.24, 2.45) is 5.41 Å². The van der Waals surface area contributed by atoms with Crippen molar-refractivity contribution in [2.45, 2.75) is 57.7 Å². The zero-order valence-electron chi connectivity index (χ0n) is 22.1. The molecule has 3 heterocycles. The van der Waals surface area contributed by atoms with Crippen LogP contribution in [-0.4, -0.2) is 34.2 Å². The van der Waals surface area contributed by atoms with Gasteiger partial charge in [-0.2, -0.15) is 0 Å². The van der Waals surface area contributed by atoms with Crippen molar-refractivity contribution in [1.29, 1.82) is 0 Å². The lowest BCUT2D eigenvalue weighted by atomic mass is 9.78. The number of hydrogen-bond acceptors (Lipinski definition) is 4. The van der Waals surface area contributed by atoms with Gasteiger partial charge in [0.05, 0.1) is 11.5 Å². The molecule has 3 amide bonds. The number of aromatic nitrogens is 1. The summed E-state index contributed by atoms with van der Waals surface area (Å²) in [6, 6.07) is 16.4. The maximum atomic E-state index is 13.4. The second kappa shape index (κ2) is 9.29. The number of benzene rings is 2. The number of nitrogens with zero attached hydrogens (tertiary/aromatic N) is 2. The largest absolute Gasteiger partial charge is 0.326 e. The molecule has 200 valence electrons. The molecule has 3 aromatic rings. The Balaban J connectivity index is 1.21. The van der Waals surface area contributed by atoms with Gasteiger partial charge in [-0.3, -0.25) is 14.4 Å². The van der Waals surface area contributed by atoms with Crippen molar-refractivity contribution in [3.8, 4) is 0 Å². The van der Waals surface area contributed by atoms with Crippen LogP contribution >= 0.6 is 0 Å². The number of piperidine rings is 1. The molecular weight excluding hydrogens is 495 g/mol. The van der Waals surface area contributed by atoms with Crippen molar-refractivity contribution >= 4 is 29.2 Å². The minimum atomic E-state index is -0.679. The van der Waals surface area contributed by atoms with Crippen LogP contribution in [-0.2, 0) is 39.3 Å². The number of hydrogen-bond donors (Lipinski definition) is 2. The van der Waals surface area contributed by atoms with E-state index in [-0.39, 0.29) is 30.3 Å². The highest BCUT2D eigenvalue weighted by Crippen LogP contribution is 2.47. The maximum Gasteiger partial charge on any atom is 0.244 e. The van der Waals surface area contributed by atoms with Crippen LogP contribution in [0.15, 0.2) is 60.8 Å². The van der Waals surface area contributed by atoms with Crippen molar-refractivity contribution < 1.29 is 18.8 Å². The first-order chi connectivity index (χ1) is 18.7. The van der Waals surface area contributed by atoms with E-state index in [1.54, 1.807) is 29.3 Å². The molecule has 7 nitrogen and oxygen atoms in total. The maximum absolute atomic E-state index is 13.4. The quantitative estimate of drug-likeness (QED) is 0.496. The van der Waals surface area contributed by atoms with Crippen LogP contribution in [0.1, 0.15) is 60.5 Å². The highest BCUT2D eigenvalue weighted by molar-refractivity contribution is 6.06. The van der Waals surface area contributed by atoms with Crippen molar-refractivity contribution in [2.75, 3.05) is 17.2 Å². The summed E-state index contributed by atoms with van der Waals surface area (Å²) in [5, 5.41) is 5.88. The van der Waals surface area contributed by atoms with Gasteiger partial charge < -0.3 is 15.5 Å². The number of likely N-dealkylation sites (tertiary alicyclic amines) is 1. The second-order valence-corrected chi connectivity index (χ2v) is 11.6. The summed E-state index contributed by atoms with van der Waals surface area (Å²) >= 11 is 0. The first-order valence-corrected chi connectivity index (χ1v) is 13.3. The Morgan fingerprint density at radius 3 is 2.74 bits per heavy atom. The van der Waals surface area contributed by atoms with Gasteiger partial charge in [-0.25, -0.2) is 9.37 Å². The predicted octanol–water partition coefficient (Wildman–Crippen LogP) is 4.87. The second-order valence-electron chi connectivity index (χ2n) is 11.6. The van der Waals surface area contributed by atoms with E-state index in [0.717, 1.165) is 22.3 Å². The van der Waals surface area contributed by atoms with Gasteiger partial charge >= 0.3 is 0 Å². The Labute approximate surface area is 226 Å². The fourth-order valence-electron chi connectivity index (χ4n) is 6.40. The summed E-state index contributed by atoms with van der Waals surface area (Å²) in [5.41, 5.74) is 3.75. The molecule has 2 atom stereocenters. The van der Waals surface area contributed by atoms with Gasteiger partial charge in [-0.15, -0.1) is 0 Å². The Bertz CT molecular complexity index is 1500. The first-order valence-electron chi connectivity index (χ1n) is 13.3. The molecule has 0 unspecified atom stereocenters. The zero-order chi connectivity index (χ0) is 27.4. The van der Waals surface area contributed by atoms with Gasteiger partial charge in [0.15, 0.2) is 0 Å². The third-order valence-electron chi connectivity index (χ3n) is 8.53. The predicted molar refractivity (Wildman–Crippen MR) is 146 cm³/mol. The van der Waals surface area contributed by atoms with Gasteiger partial charge in [0.25, 0.3) is 0 Å². The lowest BCUT2D eigenvalue weighted by molar-refractivity contribution is -0.150. The molecule has 2 N–H and O–H groups in total. The van der Waals surface area contributed by atoms with Gasteiger partial charge in [0.1, 0.15) is 19.0 Å². The average Bonchev–Trinajstić information content (AvgIpc) is 3.44. The molecule has 2 aromatic carbocycles. The molecule has 1 fully saturated rings. The van der Waals surface area contributed by atoms with E-state index < -0.39 is 17.5 Å². The van der Waals surface area contributed by atoms with E-state index in [1.165, 1.54) is 0 Å². The number of fused-ring (bicyclic) bond motifs is 3. The SMILES string of the molecule is CC1(C)CC[C@@H](c2cccc(CF)c2)N(CC(=O)Nc2ccc3c(c2)C[C@@]2(C3)C(=O)Nc3ncccc32)C1=O. The van der Waals surface area contributed by atoms with Gasteiger partial charge in [-0.05, 0) is 66.1 Å². The van der Waals surface area contributed by atoms with Crippen molar-refractivity contribution in [3.63, 3.8) is 0 Å². The highest BCUT2D eigenvalue weighted by atomic mass is 19.1. The fourth-order valence-corrected chi connectivity index (χ4v) is 6.40. The summed E-state index contributed by atoms with van der Waals surface area (Å²) in [4.78, 5) is 45.6. The normalized spacial score (nSPS) is 22.9. The molecular formula is C31H31FN4O3. The van der Waals surface area contributed by atoms with Crippen LogP contribution in [0.4, 0.5) is 15.9 Å². The van der Waals surface area contributed by atoms with Crippen LogP contribution in [0.25, 0.3) is 0 Å². The molecule has 0 saturated carbocycles. The van der Waals surface area contributed by atoms with Crippen LogP contribution in [0.2, 0.25) is 0 Å². The molecule has 0 radical (unpaired) electrons. The van der Waals surface area contributed by atoms with Crippen LogP contribution < -0.4 is 10.6 Å². The standard InChI is InChI=1S/C31H31FN4O3/c1-30(2)11-10-25(20-6-3-5-19(13-20)17-32)36(29(30)39)18-26(37)34-23-9-8-21-15-31(16-22(21)14-23)24-7-4-12-33-27(24)35-28(31)38/h3-9,12-14,25H,10-11,15-18H2,1-2H3,(H,34,37)(H,33,35,38)/t25-,31+/m0/s1. The average molecular weight is 527 g/mol. The smallest absolute Gasteiger partial charge is 0.244 e. The molecule has 1 saturated heterocycles. The van der Waals surface area contributed by atoms with Gasteiger partial charge in [-0.1, -0.05) is 50.2 Å². The van der Waals surface area contributed by atoms with E-state index in [1.807, 2.05) is 50.2 Å². The Hall–Kier alpha value is -4.07. The number of carbonyl (C=O) groups excluding carboxylic acids is 3. The summed E-state index contributed by atoms with van der Waals surface area (Å²) in [6.45, 7) is 3.12. The first kappa shape index (κ1) is 25.2. The minimum Gasteiger partial charge on any atom is -0.326 e. The number of halogens is 1. The van der Waals surface area contributed by atoms with Gasteiger partial charge in [0.2, 0.25) is 17.7 Å². The monoisotopic (exact) mass is 526 g/mol. The fraction of sp³-hybridized carbons (Fsp3) is 0.355. The van der Waals surface area contributed by atoms with E-state index in [2.05, 4.69) is 15.6 Å². The molecule has 3 aliphatic rings. The Morgan fingerprint density at radius 1 is 1.10 bits per heavy atom. The summed E-state index contributed by atoms with van der Waals surface area (Å²) < 4.78 is 13.3. The van der Waals surface area contributed by atoms with Crippen LogP contribution in [0.3, 0.4) is 0 Å². The minimum absolute atomic E-state index is 0.0490. The summed E-state index contributed by atoms with van der Waals surface area (Å²) in [5.74, 6) is 0.181. The summed E-state index contributed by atoms with van der Waals surface area (Å²) in [6.07, 6.45) is 4.17. The molecule has 39 heavy (non-hydrogen) atoms. The molecule has 2 aliphatic heterocycles.